The summed E-state index contributed by atoms with van der Waals surface area (Å²) < 4.78 is 38.6. The number of nitrogens with two attached hydrogens (primary N) is 1. The first kappa shape index (κ1) is 21.3. The average Bonchev–Trinajstić information content (AvgIpc) is 2.66. The average molecular weight is 385 g/mol. The zero-order valence-electron chi connectivity index (χ0n) is 15.9. The Bertz CT molecular complexity index is 595. The first-order valence-electron chi connectivity index (χ1n) is 9.58. The Morgan fingerprint density at radius 3 is 2.59 bits per heavy atom. The maximum absolute atomic E-state index is 12.9. The van der Waals surface area contributed by atoms with Crippen molar-refractivity contribution in [3.05, 3.63) is 29.8 Å². The second kappa shape index (κ2) is 10.4. The van der Waals surface area contributed by atoms with Gasteiger partial charge in [0.2, 0.25) is 0 Å². The van der Waals surface area contributed by atoms with Crippen molar-refractivity contribution in [1.29, 1.82) is 0 Å². The summed E-state index contributed by atoms with van der Waals surface area (Å²) in [7, 11) is 0. The molecule has 1 heterocycles. The van der Waals surface area contributed by atoms with Gasteiger partial charge in [-0.3, -0.25) is 9.89 Å². The van der Waals surface area contributed by atoms with Crippen molar-refractivity contribution >= 4 is 11.6 Å². The Hall–Kier alpha value is -1.96. The molecule has 0 spiro atoms. The van der Waals surface area contributed by atoms with Crippen LogP contribution in [0.3, 0.4) is 0 Å². The monoisotopic (exact) mass is 385 g/mol. The van der Waals surface area contributed by atoms with Crippen LogP contribution in [-0.4, -0.2) is 56.7 Å². The molecule has 0 bridgehead atoms. The Morgan fingerprint density at radius 2 is 1.93 bits per heavy atom. The van der Waals surface area contributed by atoms with E-state index in [0.29, 0.717) is 11.6 Å². The summed E-state index contributed by atoms with van der Waals surface area (Å²) in [6, 6.07) is 5.59. The highest BCUT2D eigenvalue weighted by atomic mass is 19.4. The van der Waals surface area contributed by atoms with Crippen LogP contribution >= 0.6 is 0 Å². The maximum Gasteiger partial charge on any atom is 0.416 e. The van der Waals surface area contributed by atoms with E-state index in [-0.39, 0.29) is 0 Å². The number of hydrogen-bond donors (Lipinski definition) is 2. The highest BCUT2D eigenvalue weighted by molar-refractivity contribution is 5.77. The molecule has 0 unspecified atom stereocenters. The minimum absolute atomic E-state index is 0.506. The third kappa shape index (κ3) is 7.28. The summed E-state index contributed by atoms with van der Waals surface area (Å²) in [6.07, 6.45) is -1.25. The molecule has 1 aromatic carbocycles. The van der Waals surface area contributed by atoms with Gasteiger partial charge in [0.25, 0.3) is 0 Å². The van der Waals surface area contributed by atoms with Gasteiger partial charge in [-0.05, 0) is 44.0 Å². The maximum atomic E-state index is 12.9. The predicted octanol–water partition coefficient (Wildman–Crippen LogP) is 2.92. The minimum atomic E-state index is -4.30. The molecule has 0 aromatic heterocycles. The summed E-state index contributed by atoms with van der Waals surface area (Å²) >= 11 is 0. The lowest BCUT2D eigenvalue weighted by atomic mass is 10.1. The number of anilines is 1. The van der Waals surface area contributed by atoms with E-state index in [1.165, 1.54) is 12.1 Å². The van der Waals surface area contributed by atoms with Gasteiger partial charge in [0.1, 0.15) is 0 Å². The molecule has 0 radical (unpaired) electrons. The summed E-state index contributed by atoms with van der Waals surface area (Å²) in [6.45, 7) is 7.83. The van der Waals surface area contributed by atoms with E-state index >= 15 is 0 Å². The van der Waals surface area contributed by atoms with Crippen molar-refractivity contribution in [2.75, 3.05) is 50.7 Å². The van der Waals surface area contributed by atoms with E-state index in [0.717, 1.165) is 71.1 Å². The van der Waals surface area contributed by atoms with Crippen molar-refractivity contribution < 1.29 is 13.2 Å². The van der Waals surface area contributed by atoms with Crippen LogP contribution in [0, 0.1) is 0 Å². The van der Waals surface area contributed by atoms with Gasteiger partial charge in [0.05, 0.1) is 5.56 Å². The molecule has 1 saturated heterocycles. The SMILES string of the molecule is CCCN=C(N)NCCCCN1CCN(c2cccc(C(F)(F)F)c2)CC1. The highest BCUT2D eigenvalue weighted by Crippen LogP contribution is 2.31. The van der Waals surface area contributed by atoms with E-state index in [1.807, 2.05) is 4.90 Å². The summed E-state index contributed by atoms with van der Waals surface area (Å²) in [5, 5.41) is 3.11. The molecule has 1 aliphatic rings. The fourth-order valence-electron chi connectivity index (χ4n) is 3.07. The van der Waals surface area contributed by atoms with E-state index in [1.54, 1.807) is 6.07 Å². The molecule has 152 valence electrons. The molecule has 2 rings (SSSR count). The molecule has 0 atom stereocenters. The lowest BCUT2D eigenvalue weighted by Crippen LogP contribution is -2.46. The van der Waals surface area contributed by atoms with Gasteiger partial charge in [0, 0.05) is 45.0 Å². The van der Waals surface area contributed by atoms with E-state index in [2.05, 4.69) is 22.1 Å². The van der Waals surface area contributed by atoms with Crippen LogP contribution in [0.1, 0.15) is 31.7 Å². The van der Waals surface area contributed by atoms with Crippen molar-refractivity contribution in [3.8, 4) is 0 Å². The highest BCUT2D eigenvalue weighted by Gasteiger charge is 2.31. The van der Waals surface area contributed by atoms with Crippen LogP contribution in [0.25, 0.3) is 0 Å². The molecular weight excluding hydrogens is 355 g/mol. The van der Waals surface area contributed by atoms with Crippen LogP contribution in [0.2, 0.25) is 0 Å². The lowest BCUT2D eigenvalue weighted by molar-refractivity contribution is -0.137. The molecule has 0 aliphatic carbocycles. The Morgan fingerprint density at radius 1 is 1.19 bits per heavy atom. The predicted molar refractivity (Wildman–Crippen MR) is 104 cm³/mol. The van der Waals surface area contributed by atoms with Crippen LogP contribution in [0.4, 0.5) is 18.9 Å². The largest absolute Gasteiger partial charge is 0.416 e. The van der Waals surface area contributed by atoms with Gasteiger partial charge in [-0.1, -0.05) is 13.0 Å². The van der Waals surface area contributed by atoms with Crippen molar-refractivity contribution in [2.24, 2.45) is 10.7 Å². The number of hydrogen-bond acceptors (Lipinski definition) is 3. The smallest absolute Gasteiger partial charge is 0.370 e. The van der Waals surface area contributed by atoms with Crippen LogP contribution in [-0.2, 0) is 6.18 Å². The Balaban J connectivity index is 1.67. The van der Waals surface area contributed by atoms with Crippen molar-refractivity contribution in [1.82, 2.24) is 10.2 Å². The van der Waals surface area contributed by atoms with Crippen LogP contribution in [0.15, 0.2) is 29.3 Å². The minimum Gasteiger partial charge on any atom is -0.370 e. The Kier molecular flexibility index (Phi) is 8.22. The molecule has 8 heteroatoms. The van der Waals surface area contributed by atoms with E-state index in [9.17, 15) is 13.2 Å². The quantitative estimate of drug-likeness (QED) is 0.410. The molecular formula is C19H30F3N5. The molecule has 1 aromatic rings. The Labute approximate surface area is 159 Å². The number of halogens is 3. The fourth-order valence-corrected chi connectivity index (χ4v) is 3.07. The number of nitrogens with one attached hydrogen (secondary N) is 1. The summed E-state index contributed by atoms with van der Waals surface area (Å²) in [5.41, 5.74) is 5.81. The number of alkyl halides is 3. The molecule has 1 aliphatic heterocycles. The number of nitrogens with zero attached hydrogens (tertiary/aromatic N) is 3. The normalized spacial score (nSPS) is 16.6. The summed E-state index contributed by atoms with van der Waals surface area (Å²) in [4.78, 5) is 8.57. The number of aliphatic imine (C=N–C) groups is 1. The molecule has 27 heavy (non-hydrogen) atoms. The van der Waals surface area contributed by atoms with Gasteiger partial charge in [-0.2, -0.15) is 13.2 Å². The lowest BCUT2D eigenvalue weighted by Gasteiger charge is -2.36. The fraction of sp³-hybridized carbons (Fsp3) is 0.632. The van der Waals surface area contributed by atoms with Gasteiger partial charge >= 0.3 is 6.18 Å². The molecule has 0 saturated carbocycles. The number of unbranched alkanes of at least 4 members (excludes halogenated alkanes) is 1. The standard InChI is InChI=1S/C19H30F3N5/c1-2-8-24-18(23)25-9-3-4-10-26-11-13-27(14-12-26)17-7-5-6-16(15-17)19(20,21)22/h5-7,15H,2-4,8-14H2,1H3,(H3,23,24,25). The van der Waals surface area contributed by atoms with E-state index in [4.69, 9.17) is 5.73 Å². The van der Waals surface area contributed by atoms with Crippen molar-refractivity contribution in [3.63, 3.8) is 0 Å². The van der Waals surface area contributed by atoms with Gasteiger partial charge < -0.3 is 16.0 Å². The molecule has 1 fully saturated rings. The van der Waals surface area contributed by atoms with Gasteiger partial charge in [-0.25, -0.2) is 0 Å². The zero-order chi connectivity index (χ0) is 19.7. The molecule has 0 amide bonds. The number of piperazine rings is 1. The second-order valence-electron chi connectivity index (χ2n) is 6.78. The second-order valence-corrected chi connectivity index (χ2v) is 6.78. The van der Waals surface area contributed by atoms with E-state index < -0.39 is 11.7 Å². The molecule has 5 nitrogen and oxygen atoms in total. The zero-order valence-corrected chi connectivity index (χ0v) is 15.9. The third-order valence-electron chi connectivity index (χ3n) is 4.62. The third-order valence-corrected chi connectivity index (χ3v) is 4.62. The number of rotatable bonds is 8. The van der Waals surface area contributed by atoms with Crippen LogP contribution in [0.5, 0.6) is 0 Å². The van der Waals surface area contributed by atoms with Crippen LogP contribution < -0.4 is 16.0 Å². The summed E-state index contributed by atoms with van der Waals surface area (Å²) in [5.74, 6) is 0.506. The molecule has 3 N–H and O–H groups in total. The van der Waals surface area contributed by atoms with Gasteiger partial charge in [-0.15, -0.1) is 0 Å². The topological polar surface area (TPSA) is 56.9 Å². The first-order valence-corrected chi connectivity index (χ1v) is 9.58. The van der Waals surface area contributed by atoms with Gasteiger partial charge in [0.15, 0.2) is 5.96 Å². The number of guanidine groups is 1. The first-order chi connectivity index (χ1) is 12.9. The van der Waals surface area contributed by atoms with Crippen molar-refractivity contribution in [2.45, 2.75) is 32.4 Å². The number of benzene rings is 1.